The van der Waals surface area contributed by atoms with Crippen LogP contribution in [0.2, 0.25) is 5.02 Å². The fourth-order valence-electron chi connectivity index (χ4n) is 7.35. The quantitative estimate of drug-likeness (QED) is 0.361. The van der Waals surface area contributed by atoms with Gasteiger partial charge in [-0.3, -0.25) is 9.59 Å². The summed E-state index contributed by atoms with van der Waals surface area (Å²) < 4.78 is 55.6. The van der Waals surface area contributed by atoms with Gasteiger partial charge < -0.3 is 10.0 Å². The molecule has 2 aromatic carbocycles. The standard InChI is InChI=1S/C32H36ClF4NO3/c1-19-4-5-20(16-25(19)33)18-31-14-15-38(27(39)21-10-12-29(2,13-11-21)28(40)41)26(31)9-6-22-17-23(7-8-24(22)31)30(3,34)32(35,36)37/h4-5,7-8,16-17,21,26H,6,9-15,18H2,1-3H3,(H,40,41)/t21-,26?,29-,30?,31?. The van der Waals surface area contributed by atoms with Crippen LogP contribution in [0.1, 0.15) is 80.2 Å². The lowest BCUT2D eigenvalue weighted by Crippen LogP contribution is -2.51. The fourth-order valence-corrected chi connectivity index (χ4v) is 7.55. The topological polar surface area (TPSA) is 57.6 Å². The van der Waals surface area contributed by atoms with Crippen molar-refractivity contribution in [1.29, 1.82) is 0 Å². The molecule has 3 atom stereocenters. The number of carboxylic acids is 1. The number of hydrogen-bond acceptors (Lipinski definition) is 2. The first-order chi connectivity index (χ1) is 19.1. The Morgan fingerprint density at radius 3 is 2.34 bits per heavy atom. The molecule has 41 heavy (non-hydrogen) atoms. The molecule has 0 radical (unpaired) electrons. The van der Waals surface area contributed by atoms with Crippen LogP contribution in [0.25, 0.3) is 0 Å². The van der Waals surface area contributed by atoms with Crippen molar-refractivity contribution in [3.8, 4) is 0 Å². The van der Waals surface area contributed by atoms with E-state index in [0.717, 1.165) is 16.7 Å². The van der Waals surface area contributed by atoms with Crippen LogP contribution in [0.3, 0.4) is 0 Å². The number of alkyl halides is 4. The number of aryl methyl sites for hydroxylation is 2. The molecule has 2 aromatic rings. The predicted octanol–water partition coefficient (Wildman–Crippen LogP) is 7.70. The number of carbonyl (C=O) groups is 2. The van der Waals surface area contributed by atoms with E-state index in [-0.39, 0.29) is 17.9 Å². The molecule has 1 saturated carbocycles. The van der Waals surface area contributed by atoms with Crippen molar-refractivity contribution in [2.75, 3.05) is 6.54 Å². The van der Waals surface area contributed by atoms with E-state index in [1.54, 1.807) is 13.0 Å². The molecule has 4 nitrogen and oxygen atoms in total. The number of rotatable bonds is 5. The predicted molar refractivity (Wildman–Crippen MR) is 149 cm³/mol. The van der Waals surface area contributed by atoms with Crippen LogP contribution in [0.15, 0.2) is 36.4 Å². The van der Waals surface area contributed by atoms with Crippen LogP contribution in [0.4, 0.5) is 17.6 Å². The molecule has 1 aliphatic heterocycles. The molecule has 5 rings (SSSR count). The Labute approximate surface area is 243 Å². The Morgan fingerprint density at radius 2 is 1.73 bits per heavy atom. The third kappa shape index (κ3) is 5.04. The molecule has 2 fully saturated rings. The van der Waals surface area contributed by atoms with Crippen LogP contribution in [-0.4, -0.2) is 40.6 Å². The molecular formula is C32H36ClF4NO3. The van der Waals surface area contributed by atoms with Crippen molar-refractivity contribution in [2.45, 2.75) is 95.4 Å². The maximum atomic E-state index is 14.9. The maximum Gasteiger partial charge on any atom is 0.426 e. The Morgan fingerprint density at radius 1 is 1.05 bits per heavy atom. The number of carboxylic acid groups (broad SMARTS) is 1. The fraction of sp³-hybridized carbons (Fsp3) is 0.562. The van der Waals surface area contributed by atoms with Gasteiger partial charge in [0.15, 0.2) is 0 Å². The minimum absolute atomic E-state index is 0.0275. The summed E-state index contributed by atoms with van der Waals surface area (Å²) in [7, 11) is 0. The normalized spacial score (nSPS) is 29.4. The zero-order valence-corrected chi connectivity index (χ0v) is 24.3. The first-order valence-corrected chi connectivity index (χ1v) is 14.7. The van der Waals surface area contributed by atoms with Gasteiger partial charge in [-0.15, -0.1) is 0 Å². The van der Waals surface area contributed by atoms with Crippen molar-refractivity contribution in [3.63, 3.8) is 0 Å². The summed E-state index contributed by atoms with van der Waals surface area (Å²) in [6.45, 7) is 4.70. The van der Waals surface area contributed by atoms with E-state index < -0.39 is 34.2 Å². The van der Waals surface area contributed by atoms with Gasteiger partial charge in [0.05, 0.1) is 5.41 Å². The minimum Gasteiger partial charge on any atom is -0.481 e. The highest BCUT2D eigenvalue weighted by atomic mass is 35.5. The second kappa shape index (κ2) is 10.3. The highest BCUT2D eigenvalue weighted by Crippen LogP contribution is 2.52. The largest absolute Gasteiger partial charge is 0.481 e. The number of aliphatic carboxylic acids is 1. The molecule has 2 aliphatic carbocycles. The Hall–Kier alpha value is -2.61. The van der Waals surface area contributed by atoms with Gasteiger partial charge in [0.25, 0.3) is 0 Å². The smallest absolute Gasteiger partial charge is 0.426 e. The molecule has 0 aromatic heterocycles. The second-order valence-corrected chi connectivity index (χ2v) is 13.2. The van der Waals surface area contributed by atoms with Gasteiger partial charge in [0.2, 0.25) is 11.6 Å². The average Bonchev–Trinajstić information content (AvgIpc) is 3.29. The molecule has 0 bridgehead atoms. The highest BCUT2D eigenvalue weighted by molar-refractivity contribution is 6.31. The van der Waals surface area contributed by atoms with Crippen LogP contribution < -0.4 is 0 Å². The second-order valence-electron chi connectivity index (χ2n) is 12.8. The van der Waals surface area contributed by atoms with Crippen molar-refractivity contribution in [3.05, 3.63) is 69.2 Å². The van der Waals surface area contributed by atoms with Crippen molar-refractivity contribution in [1.82, 2.24) is 4.90 Å². The van der Waals surface area contributed by atoms with E-state index in [9.17, 15) is 32.3 Å². The minimum atomic E-state index is -5.04. The van der Waals surface area contributed by atoms with Gasteiger partial charge in [-0.25, -0.2) is 4.39 Å². The lowest BCUT2D eigenvalue weighted by molar-refractivity contribution is -0.228. The van der Waals surface area contributed by atoms with Crippen LogP contribution >= 0.6 is 11.6 Å². The molecule has 1 N–H and O–H groups in total. The van der Waals surface area contributed by atoms with E-state index in [2.05, 4.69) is 0 Å². The van der Waals surface area contributed by atoms with E-state index in [1.807, 2.05) is 30.0 Å². The first kappa shape index (κ1) is 29.9. The monoisotopic (exact) mass is 593 g/mol. The molecule has 3 aliphatic rings. The van der Waals surface area contributed by atoms with E-state index in [0.29, 0.717) is 75.4 Å². The SMILES string of the molecule is Cc1ccc(CC23CCN(C(=O)[C@H]4CC[C@](C)(C(=O)O)CC4)C2CCc2cc(C(C)(F)C(F)(F)F)ccc23)cc1Cl. The summed E-state index contributed by atoms with van der Waals surface area (Å²) in [5, 5.41) is 10.2. The number of carbonyl (C=O) groups excluding carboxylic acids is 1. The van der Waals surface area contributed by atoms with Crippen molar-refractivity contribution >= 4 is 23.5 Å². The summed E-state index contributed by atoms with van der Waals surface area (Å²) in [4.78, 5) is 27.6. The number of fused-ring (bicyclic) bond motifs is 3. The van der Waals surface area contributed by atoms with Crippen LogP contribution in [0.5, 0.6) is 0 Å². The summed E-state index contributed by atoms with van der Waals surface area (Å²) in [6.07, 6.45) is -0.985. The average molecular weight is 594 g/mol. The molecule has 1 heterocycles. The molecule has 3 unspecified atom stereocenters. The summed E-state index contributed by atoms with van der Waals surface area (Å²) in [5.41, 5.74) is -1.81. The van der Waals surface area contributed by atoms with Crippen molar-refractivity contribution < 1.29 is 32.3 Å². The molecular weight excluding hydrogens is 558 g/mol. The summed E-state index contributed by atoms with van der Waals surface area (Å²) in [6, 6.07) is 9.91. The first-order valence-electron chi connectivity index (χ1n) is 14.3. The van der Waals surface area contributed by atoms with Gasteiger partial charge in [0.1, 0.15) is 0 Å². The number of halogens is 5. The van der Waals surface area contributed by atoms with Gasteiger partial charge in [-0.2, -0.15) is 13.2 Å². The Balaban J connectivity index is 1.51. The number of hydrogen-bond donors (Lipinski definition) is 1. The van der Waals surface area contributed by atoms with Crippen molar-refractivity contribution in [2.24, 2.45) is 11.3 Å². The number of benzene rings is 2. The third-order valence-electron chi connectivity index (χ3n) is 10.2. The number of amides is 1. The Bertz CT molecular complexity index is 1370. The van der Waals surface area contributed by atoms with Gasteiger partial charge in [0, 0.05) is 28.9 Å². The van der Waals surface area contributed by atoms with Crippen LogP contribution in [0, 0.1) is 18.3 Å². The zero-order valence-electron chi connectivity index (χ0n) is 23.6. The number of likely N-dealkylation sites (tertiary alicyclic amines) is 1. The molecule has 222 valence electrons. The Kier molecular flexibility index (Phi) is 7.49. The lowest BCUT2D eigenvalue weighted by atomic mass is 9.63. The highest BCUT2D eigenvalue weighted by Gasteiger charge is 2.56. The number of nitrogens with zero attached hydrogens (tertiary/aromatic N) is 1. The van der Waals surface area contributed by atoms with Gasteiger partial charge in [-0.05, 0) is 106 Å². The lowest BCUT2D eigenvalue weighted by Gasteiger charge is -2.45. The molecule has 9 heteroatoms. The molecule has 1 saturated heterocycles. The molecule has 1 amide bonds. The van der Waals surface area contributed by atoms with E-state index >= 15 is 0 Å². The third-order valence-corrected chi connectivity index (χ3v) is 10.6. The van der Waals surface area contributed by atoms with E-state index in [4.69, 9.17) is 11.6 Å². The molecule has 0 spiro atoms. The summed E-state index contributed by atoms with van der Waals surface area (Å²) >= 11 is 6.46. The zero-order chi connectivity index (χ0) is 30.0. The summed E-state index contributed by atoms with van der Waals surface area (Å²) in [5.74, 6) is -1.06. The van der Waals surface area contributed by atoms with Gasteiger partial charge in [-0.1, -0.05) is 41.9 Å². The maximum absolute atomic E-state index is 14.9. The van der Waals surface area contributed by atoms with Gasteiger partial charge >= 0.3 is 12.1 Å². The van der Waals surface area contributed by atoms with Crippen LogP contribution in [-0.2, 0) is 33.5 Å². The van der Waals surface area contributed by atoms with E-state index in [1.165, 1.54) is 12.1 Å².